The Kier molecular flexibility index (Phi) is 2.81. The number of nitrogens with zero attached hydrogens (tertiary/aromatic N) is 1. The van der Waals surface area contributed by atoms with E-state index >= 15 is 0 Å². The molecule has 0 saturated carbocycles. The zero-order valence-electron chi connectivity index (χ0n) is 7.54. The van der Waals surface area contributed by atoms with Gasteiger partial charge in [-0.25, -0.2) is 0 Å². The first-order valence-electron chi connectivity index (χ1n) is 3.98. The Hall–Kier alpha value is -1.37. The molecule has 0 aliphatic carbocycles. The van der Waals surface area contributed by atoms with Gasteiger partial charge in [0.2, 0.25) is 0 Å². The smallest absolute Gasteiger partial charge is 0.0303 e. The minimum Gasteiger partial charge on any atom is -0.264 e. The van der Waals surface area contributed by atoms with E-state index in [9.17, 15) is 0 Å². The number of aromatic nitrogens is 1. The summed E-state index contributed by atoms with van der Waals surface area (Å²) in [5.41, 5.74) is 3.38. The molecule has 1 aromatic rings. The van der Waals surface area contributed by atoms with E-state index in [2.05, 4.69) is 11.6 Å². The van der Waals surface area contributed by atoms with Crippen molar-refractivity contribution in [1.29, 1.82) is 0 Å². The molecule has 0 aliphatic heterocycles. The Bertz CT molecular complexity index is 311. The molecule has 0 radical (unpaired) electrons. The molecule has 1 rings (SSSR count). The minimum absolute atomic E-state index is 1.04. The molecular weight excluding hydrogens is 146 g/mol. The van der Waals surface area contributed by atoms with Crippen molar-refractivity contribution in [2.75, 3.05) is 0 Å². The lowest BCUT2D eigenvalue weighted by atomic mass is 10.0. The number of pyridine rings is 1. The van der Waals surface area contributed by atoms with Crippen LogP contribution in [0.1, 0.15) is 18.1 Å². The van der Waals surface area contributed by atoms with Gasteiger partial charge in [0, 0.05) is 12.4 Å². The fourth-order valence-corrected chi connectivity index (χ4v) is 1.12. The van der Waals surface area contributed by atoms with E-state index < -0.39 is 0 Å². The zero-order chi connectivity index (χ0) is 8.97. The van der Waals surface area contributed by atoms with Crippen LogP contribution in [0.4, 0.5) is 0 Å². The summed E-state index contributed by atoms with van der Waals surface area (Å²) in [6, 6.07) is 1.98. The number of hydrogen-bond acceptors (Lipinski definition) is 1. The lowest BCUT2D eigenvalue weighted by molar-refractivity contribution is 1.25. The molecule has 0 atom stereocenters. The molecule has 1 aromatic heterocycles. The molecule has 1 heterocycles. The third kappa shape index (κ3) is 1.82. The van der Waals surface area contributed by atoms with Gasteiger partial charge in [0.15, 0.2) is 0 Å². The van der Waals surface area contributed by atoms with Crippen LogP contribution in [0.3, 0.4) is 0 Å². The Labute approximate surface area is 73.5 Å². The molecule has 0 aromatic carbocycles. The summed E-state index contributed by atoms with van der Waals surface area (Å²) in [6.45, 7) is 7.99. The van der Waals surface area contributed by atoms with Crippen molar-refractivity contribution < 1.29 is 0 Å². The van der Waals surface area contributed by atoms with E-state index in [1.54, 1.807) is 6.20 Å². The van der Waals surface area contributed by atoms with Gasteiger partial charge in [-0.2, -0.15) is 0 Å². The maximum Gasteiger partial charge on any atom is 0.0303 e. The summed E-state index contributed by atoms with van der Waals surface area (Å²) in [7, 11) is 0. The highest BCUT2D eigenvalue weighted by Gasteiger charge is 1.97. The maximum atomic E-state index is 4.02. The first-order valence-corrected chi connectivity index (χ1v) is 3.98. The lowest BCUT2D eigenvalue weighted by Crippen LogP contribution is -1.85. The van der Waals surface area contributed by atoms with Gasteiger partial charge in [0.1, 0.15) is 0 Å². The van der Waals surface area contributed by atoms with Crippen LogP contribution in [-0.2, 0) is 0 Å². The molecular formula is C11H13N. The normalized spacial score (nSPS) is 10.5. The second kappa shape index (κ2) is 3.86. The fraction of sp³-hybridized carbons (Fsp3) is 0.182. The average molecular weight is 159 g/mol. The summed E-state index contributed by atoms with van der Waals surface area (Å²) < 4.78 is 0. The van der Waals surface area contributed by atoms with Crippen LogP contribution in [0.5, 0.6) is 0 Å². The van der Waals surface area contributed by atoms with Crippen molar-refractivity contribution >= 4 is 5.57 Å². The van der Waals surface area contributed by atoms with Gasteiger partial charge in [-0.15, -0.1) is 0 Å². The summed E-state index contributed by atoms with van der Waals surface area (Å²) in [5.74, 6) is 0. The van der Waals surface area contributed by atoms with E-state index in [4.69, 9.17) is 0 Å². The molecule has 0 N–H and O–H groups in total. The molecule has 0 spiro atoms. The van der Waals surface area contributed by atoms with Gasteiger partial charge < -0.3 is 0 Å². The molecule has 1 heteroatoms. The quantitative estimate of drug-likeness (QED) is 0.604. The molecule has 0 aliphatic rings. The zero-order valence-corrected chi connectivity index (χ0v) is 7.54. The highest BCUT2D eigenvalue weighted by Crippen LogP contribution is 2.16. The maximum absolute atomic E-state index is 4.02. The standard InChI is InChI=1S/C11H13N/c1-4-5-9(2)11-6-7-12-8-10(11)3/h4-8H,2H2,1,3H3/b5-4-. The number of rotatable bonds is 2. The van der Waals surface area contributed by atoms with Crippen molar-refractivity contribution in [3.8, 4) is 0 Å². The Morgan fingerprint density at radius 2 is 2.33 bits per heavy atom. The molecule has 0 saturated heterocycles. The van der Waals surface area contributed by atoms with Gasteiger partial charge in [0.25, 0.3) is 0 Å². The third-order valence-corrected chi connectivity index (χ3v) is 1.73. The Morgan fingerprint density at radius 1 is 1.58 bits per heavy atom. The topological polar surface area (TPSA) is 12.9 Å². The molecule has 0 bridgehead atoms. The van der Waals surface area contributed by atoms with Crippen LogP contribution < -0.4 is 0 Å². The third-order valence-electron chi connectivity index (χ3n) is 1.73. The molecule has 0 fully saturated rings. The van der Waals surface area contributed by atoms with Crippen molar-refractivity contribution in [2.24, 2.45) is 0 Å². The van der Waals surface area contributed by atoms with Crippen LogP contribution in [-0.4, -0.2) is 4.98 Å². The Morgan fingerprint density at radius 3 is 2.92 bits per heavy atom. The van der Waals surface area contributed by atoms with E-state index in [1.807, 2.05) is 38.3 Å². The van der Waals surface area contributed by atoms with E-state index in [0.29, 0.717) is 0 Å². The lowest BCUT2D eigenvalue weighted by Gasteiger charge is -2.02. The summed E-state index contributed by atoms with van der Waals surface area (Å²) in [5, 5.41) is 0. The van der Waals surface area contributed by atoms with E-state index in [-0.39, 0.29) is 0 Å². The predicted molar refractivity (Wildman–Crippen MR) is 52.8 cm³/mol. The van der Waals surface area contributed by atoms with Crippen LogP contribution >= 0.6 is 0 Å². The van der Waals surface area contributed by atoms with Crippen molar-refractivity contribution in [1.82, 2.24) is 4.98 Å². The van der Waals surface area contributed by atoms with E-state index in [1.165, 1.54) is 11.1 Å². The summed E-state index contributed by atoms with van der Waals surface area (Å²) >= 11 is 0. The molecule has 0 amide bonds. The molecule has 1 nitrogen and oxygen atoms in total. The van der Waals surface area contributed by atoms with Gasteiger partial charge in [0.05, 0.1) is 0 Å². The number of hydrogen-bond donors (Lipinski definition) is 0. The van der Waals surface area contributed by atoms with Gasteiger partial charge >= 0.3 is 0 Å². The minimum atomic E-state index is 1.04. The SMILES string of the molecule is C=C(/C=C\C)c1ccncc1C. The van der Waals surface area contributed by atoms with Crippen LogP contribution in [0.15, 0.2) is 37.2 Å². The van der Waals surface area contributed by atoms with Crippen molar-refractivity contribution in [3.63, 3.8) is 0 Å². The van der Waals surface area contributed by atoms with Crippen LogP contribution in [0.2, 0.25) is 0 Å². The molecule has 12 heavy (non-hydrogen) atoms. The van der Waals surface area contributed by atoms with Gasteiger partial charge in [-0.3, -0.25) is 4.98 Å². The first-order chi connectivity index (χ1) is 5.75. The first kappa shape index (κ1) is 8.72. The van der Waals surface area contributed by atoms with Crippen molar-refractivity contribution in [3.05, 3.63) is 48.3 Å². The second-order valence-corrected chi connectivity index (χ2v) is 2.72. The van der Waals surface area contributed by atoms with Crippen molar-refractivity contribution in [2.45, 2.75) is 13.8 Å². The largest absolute Gasteiger partial charge is 0.264 e. The number of allylic oxidation sites excluding steroid dienone is 3. The van der Waals surface area contributed by atoms with Crippen LogP contribution in [0.25, 0.3) is 5.57 Å². The van der Waals surface area contributed by atoms with Gasteiger partial charge in [-0.1, -0.05) is 18.7 Å². The summed E-state index contributed by atoms with van der Waals surface area (Å²) in [6.07, 6.45) is 7.63. The monoisotopic (exact) mass is 159 g/mol. The highest BCUT2D eigenvalue weighted by atomic mass is 14.6. The second-order valence-electron chi connectivity index (χ2n) is 2.72. The van der Waals surface area contributed by atoms with Gasteiger partial charge in [-0.05, 0) is 36.6 Å². The van der Waals surface area contributed by atoms with E-state index in [0.717, 1.165) is 5.57 Å². The number of aryl methyl sites for hydroxylation is 1. The Balaban J connectivity index is 3.03. The van der Waals surface area contributed by atoms with Crippen LogP contribution in [0, 0.1) is 6.92 Å². The average Bonchev–Trinajstić information content (AvgIpc) is 2.05. The fourth-order valence-electron chi connectivity index (χ4n) is 1.12. The highest BCUT2D eigenvalue weighted by molar-refractivity contribution is 5.73. The molecule has 62 valence electrons. The predicted octanol–water partition coefficient (Wildman–Crippen LogP) is 2.98. The molecule has 0 unspecified atom stereocenters. The summed E-state index contributed by atoms with van der Waals surface area (Å²) in [4.78, 5) is 4.02.